The van der Waals surface area contributed by atoms with E-state index in [-0.39, 0.29) is 6.42 Å². The second-order valence-electron chi connectivity index (χ2n) is 4.93. The molecule has 0 N–H and O–H groups in total. The lowest BCUT2D eigenvalue weighted by Crippen LogP contribution is -2.23. The van der Waals surface area contributed by atoms with E-state index in [0.29, 0.717) is 12.3 Å². The van der Waals surface area contributed by atoms with Crippen molar-refractivity contribution < 1.29 is 8.78 Å². The van der Waals surface area contributed by atoms with Gasteiger partial charge in [0.25, 0.3) is 5.92 Å². The molecule has 2 rings (SSSR count). The van der Waals surface area contributed by atoms with Crippen LogP contribution in [0.25, 0.3) is 0 Å². The third kappa shape index (κ3) is 1.41. The molecule has 0 aromatic rings. The second kappa shape index (κ2) is 2.92. The van der Waals surface area contributed by atoms with Gasteiger partial charge in [-0.1, -0.05) is 13.3 Å². The SMILES string of the molecule is CC1CCCC1(C#N)CC1CC1(F)F. The molecule has 0 radical (unpaired) electrons. The number of nitriles is 1. The van der Waals surface area contributed by atoms with Crippen molar-refractivity contribution >= 4 is 0 Å². The summed E-state index contributed by atoms with van der Waals surface area (Å²) in [6.07, 6.45) is 3.27. The van der Waals surface area contributed by atoms with E-state index in [1.807, 2.05) is 6.92 Å². The van der Waals surface area contributed by atoms with E-state index in [2.05, 4.69) is 6.07 Å². The van der Waals surface area contributed by atoms with Gasteiger partial charge in [-0.25, -0.2) is 8.78 Å². The number of rotatable bonds is 2. The molecule has 2 aliphatic rings. The Morgan fingerprint density at radius 3 is 2.50 bits per heavy atom. The summed E-state index contributed by atoms with van der Waals surface area (Å²) >= 11 is 0. The van der Waals surface area contributed by atoms with Crippen molar-refractivity contribution in [3.05, 3.63) is 0 Å². The molecule has 0 bridgehead atoms. The quantitative estimate of drug-likeness (QED) is 0.669. The summed E-state index contributed by atoms with van der Waals surface area (Å²) in [5.74, 6) is -2.68. The lowest BCUT2D eigenvalue weighted by Gasteiger charge is -2.25. The first-order valence-corrected chi connectivity index (χ1v) is 5.29. The Morgan fingerprint density at radius 1 is 1.50 bits per heavy atom. The van der Waals surface area contributed by atoms with Crippen molar-refractivity contribution in [1.82, 2.24) is 0 Å². The standard InChI is InChI=1S/C11H15F2N/c1-8-3-2-4-10(8,7-14)5-9-6-11(9,12)13/h8-9H,2-6H2,1H3. The smallest absolute Gasteiger partial charge is 0.207 e. The molecule has 0 aromatic carbocycles. The number of alkyl halides is 2. The summed E-state index contributed by atoms with van der Waals surface area (Å²) in [5.41, 5.74) is -0.440. The van der Waals surface area contributed by atoms with E-state index < -0.39 is 17.3 Å². The van der Waals surface area contributed by atoms with Gasteiger partial charge in [0, 0.05) is 12.3 Å². The van der Waals surface area contributed by atoms with Crippen LogP contribution in [-0.2, 0) is 0 Å². The average molecular weight is 199 g/mol. The summed E-state index contributed by atoms with van der Waals surface area (Å²) in [4.78, 5) is 0. The largest absolute Gasteiger partial charge is 0.251 e. The molecule has 2 saturated carbocycles. The van der Waals surface area contributed by atoms with Crippen LogP contribution in [0.2, 0.25) is 0 Å². The molecule has 0 amide bonds. The molecule has 78 valence electrons. The molecule has 3 unspecified atom stereocenters. The highest BCUT2D eigenvalue weighted by Gasteiger charge is 2.60. The maximum absolute atomic E-state index is 12.8. The van der Waals surface area contributed by atoms with Crippen molar-refractivity contribution in [3.8, 4) is 6.07 Å². The Morgan fingerprint density at radius 2 is 2.14 bits per heavy atom. The maximum Gasteiger partial charge on any atom is 0.251 e. The third-order valence-electron chi connectivity index (χ3n) is 3.99. The van der Waals surface area contributed by atoms with Crippen molar-refractivity contribution in [2.45, 2.75) is 45.0 Å². The highest BCUT2D eigenvalue weighted by atomic mass is 19.3. The zero-order valence-corrected chi connectivity index (χ0v) is 8.39. The van der Waals surface area contributed by atoms with Crippen LogP contribution in [0.3, 0.4) is 0 Å². The Kier molecular flexibility index (Phi) is 2.06. The minimum absolute atomic E-state index is 0.00313. The molecule has 3 atom stereocenters. The fourth-order valence-corrected chi connectivity index (χ4v) is 2.69. The van der Waals surface area contributed by atoms with Gasteiger partial charge in [-0.05, 0) is 25.2 Å². The van der Waals surface area contributed by atoms with Gasteiger partial charge >= 0.3 is 0 Å². The van der Waals surface area contributed by atoms with Gasteiger partial charge in [0.1, 0.15) is 0 Å². The van der Waals surface area contributed by atoms with E-state index in [1.54, 1.807) is 0 Å². The van der Waals surface area contributed by atoms with Gasteiger partial charge in [-0.2, -0.15) is 5.26 Å². The first-order chi connectivity index (χ1) is 6.50. The Labute approximate surface area is 83.1 Å². The topological polar surface area (TPSA) is 23.8 Å². The summed E-state index contributed by atoms with van der Waals surface area (Å²) in [6, 6.07) is 2.30. The van der Waals surface area contributed by atoms with Gasteiger partial charge in [-0.3, -0.25) is 0 Å². The van der Waals surface area contributed by atoms with Crippen LogP contribution >= 0.6 is 0 Å². The van der Waals surface area contributed by atoms with Crippen LogP contribution < -0.4 is 0 Å². The fraction of sp³-hybridized carbons (Fsp3) is 0.909. The minimum atomic E-state index is -2.47. The number of halogens is 2. The summed E-state index contributed by atoms with van der Waals surface area (Å²) in [7, 11) is 0. The van der Waals surface area contributed by atoms with Crippen LogP contribution in [0, 0.1) is 28.6 Å². The molecule has 0 heterocycles. The molecular formula is C11H15F2N. The van der Waals surface area contributed by atoms with Crippen LogP contribution in [0.5, 0.6) is 0 Å². The van der Waals surface area contributed by atoms with Gasteiger partial charge < -0.3 is 0 Å². The first-order valence-electron chi connectivity index (χ1n) is 5.29. The average Bonchev–Trinajstić information content (AvgIpc) is 2.55. The summed E-state index contributed by atoms with van der Waals surface area (Å²) < 4.78 is 25.5. The monoisotopic (exact) mass is 199 g/mol. The minimum Gasteiger partial charge on any atom is -0.207 e. The molecule has 0 aliphatic heterocycles. The molecule has 3 heteroatoms. The summed E-state index contributed by atoms with van der Waals surface area (Å²) in [5, 5.41) is 9.14. The van der Waals surface area contributed by atoms with Gasteiger partial charge in [-0.15, -0.1) is 0 Å². The van der Waals surface area contributed by atoms with E-state index in [1.165, 1.54) is 0 Å². The van der Waals surface area contributed by atoms with Gasteiger partial charge in [0.05, 0.1) is 11.5 Å². The highest BCUT2D eigenvalue weighted by molar-refractivity contribution is 5.10. The highest BCUT2D eigenvalue weighted by Crippen LogP contribution is 2.58. The molecule has 0 spiro atoms. The van der Waals surface area contributed by atoms with Crippen molar-refractivity contribution in [2.24, 2.45) is 17.3 Å². The molecule has 2 aliphatic carbocycles. The van der Waals surface area contributed by atoms with E-state index in [4.69, 9.17) is 5.26 Å². The lowest BCUT2D eigenvalue weighted by molar-refractivity contribution is 0.0851. The predicted molar refractivity (Wildman–Crippen MR) is 48.7 cm³/mol. The molecule has 2 fully saturated rings. The van der Waals surface area contributed by atoms with Crippen molar-refractivity contribution in [2.75, 3.05) is 0 Å². The zero-order chi connectivity index (χ0) is 10.4. The normalized spacial score (nSPS) is 44.7. The third-order valence-corrected chi connectivity index (χ3v) is 3.99. The second-order valence-corrected chi connectivity index (χ2v) is 4.93. The number of nitrogens with zero attached hydrogens (tertiary/aromatic N) is 1. The van der Waals surface area contributed by atoms with Gasteiger partial charge in [0.15, 0.2) is 0 Å². The summed E-state index contributed by atoms with van der Waals surface area (Å²) in [6.45, 7) is 2.02. The number of hydrogen-bond acceptors (Lipinski definition) is 1. The van der Waals surface area contributed by atoms with Crippen LogP contribution in [0.1, 0.15) is 39.0 Å². The van der Waals surface area contributed by atoms with Crippen LogP contribution in [0.4, 0.5) is 8.78 Å². The predicted octanol–water partition coefficient (Wildman–Crippen LogP) is 3.36. The Hall–Kier alpha value is -0.650. The van der Waals surface area contributed by atoms with Crippen LogP contribution in [0.15, 0.2) is 0 Å². The first kappa shape index (κ1) is 9.89. The lowest BCUT2D eigenvalue weighted by atomic mass is 9.76. The van der Waals surface area contributed by atoms with Crippen LogP contribution in [-0.4, -0.2) is 5.92 Å². The maximum atomic E-state index is 12.8. The van der Waals surface area contributed by atoms with E-state index in [9.17, 15) is 8.78 Å². The fourth-order valence-electron chi connectivity index (χ4n) is 2.69. The molecular weight excluding hydrogens is 184 g/mol. The number of hydrogen-bond donors (Lipinski definition) is 0. The van der Waals surface area contributed by atoms with Crippen molar-refractivity contribution in [1.29, 1.82) is 5.26 Å². The van der Waals surface area contributed by atoms with E-state index in [0.717, 1.165) is 19.3 Å². The Bertz CT molecular complexity index is 282. The molecule has 14 heavy (non-hydrogen) atoms. The van der Waals surface area contributed by atoms with Gasteiger partial charge in [0.2, 0.25) is 0 Å². The van der Waals surface area contributed by atoms with Crippen molar-refractivity contribution in [3.63, 3.8) is 0 Å². The molecule has 1 nitrogen and oxygen atoms in total. The zero-order valence-electron chi connectivity index (χ0n) is 8.39. The molecule has 0 saturated heterocycles. The molecule has 0 aromatic heterocycles. The van der Waals surface area contributed by atoms with E-state index >= 15 is 0 Å². The Balaban J connectivity index is 2.04.